The van der Waals surface area contributed by atoms with Gasteiger partial charge in [-0.25, -0.2) is 4.79 Å². The minimum Gasteiger partial charge on any atom is -0.466 e. The molecule has 2 heteroatoms. The molecule has 0 amide bonds. The summed E-state index contributed by atoms with van der Waals surface area (Å²) in [6, 6.07) is 0. The van der Waals surface area contributed by atoms with Gasteiger partial charge >= 0.3 is 5.97 Å². The van der Waals surface area contributed by atoms with Gasteiger partial charge in [0.05, 0.1) is 7.11 Å². The topological polar surface area (TPSA) is 26.3 Å². The molecule has 0 saturated heterocycles. The van der Waals surface area contributed by atoms with E-state index in [2.05, 4.69) is 24.7 Å². The predicted octanol–water partition coefficient (Wildman–Crippen LogP) is 2.79. The summed E-state index contributed by atoms with van der Waals surface area (Å²) in [5.74, 6) is 1.83. The van der Waals surface area contributed by atoms with Crippen LogP contribution in [0.3, 0.4) is 0 Å². The van der Waals surface area contributed by atoms with Crippen LogP contribution in [0, 0.1) is 17.8 Å². The Morgan fingerprint density at radius 3 is 2.43 bits per heavy atom. The van der Waals surface area contributed by atoms with E-state index >= 15 is 0 Å². The van der Waals surface area contributed by atoms with Crippen molar-refractivity contribution in [2.45, 2.75) is 33.6 Å². The van der Waals surface area contributed by atoms with Gasteiger partial charge in [0.2, 0.25) is 0 Å². The van der Waals surface area contributed by atoms with Crippen molar-refractivity contribution in [3.8, 4) is 0 Å². The third-order valence-electron chi connectivity index (χ3n) is 3.50. The van der Waals surface area contributed by atoms with Gasteiger partial charge in [-0.1, -0.05) is 19.9 Å². The molecule has 0 aromatic rings. The number of esters is 1. The SMILES string of the molecule is COC(=O)C(C)=CC1CCC(C)C1C. The number of ether oxygens (including phenoxy) is 1. The van der Waals surface area contributed by atoms with Gasteiger partial charge in [0.15, 0.2) is 0 Å². The predicted molar refractivity (Wildman–Crippen MR) is 56.8 cm³/mol. The molecule has 1 rings (SSSR count). The van der Waals surface area contributed by atoms with Crippen molar-refractivity contribution in [1.29, 1.82) is 0 Å². The summed E-state index contributed by atoms with van der Waals surface area (Å²) < 4.78 is 4.68. The van der Waals surface area contributed by atoms with Crippen molar-refractivity contribution >= 4 is 5.97 Å². The summed E-state index contributed by atoms with van der Waals surface area (Å²) in [6.07, 6.45) is 4.56. The molecule has 1 fully saturated rings. The lowest BCUT2D eigenvalue weighted by molar-refractivity contribution is -0.136. The molecule has 3 unspecified atom stereocenters. The molecule has 0 spiro atoms. The van der Waals surface area contributed by atoms with Crippen molar-refractivity contribution in [1.82, 2.24) is 0 Å². The Bertz CT molecular complexity index is 243. The summed E-state index contributed by atoms with van der Waals surface area (Å²) in [5, 5.41) is 0. The highest BCUT2D eigenvalue weighted by Crippen LogP contribution is 2.37. The molecule has 1 saturated carbocycles. The van der Waals surface area contributed by atoms with Crippen LogP contribution in [-0.4, -0.2) is 13.1 Å². The Hall–Kier alpha value is -0.790. The average molecular weight is 196 g/mol. The molecule has 0 heterocycles. The molecular formula is C12H20O2. The molecule has 3 atom stereocenters. The van der Waals surface area contributed by atoms with Gasteiger partial charge in [0, 0.05) is 5.57 Å². The second kappa shape index (κ2) is 4.63. The Morgan fingerprint density at radius 1 is 1.36 bits per heavy atom. The van der Waals surface area contributed by atoms with Crippen LogP contribution in [0.4, 0.5) is 0 Å². The number of hydrogen-bond donors (Lipinski definition) is 0. The summed E-state index contributed by atoms with van der Waals surface area (Å²) >= 11 is 0. The summed E-state index contributed by atoms with van der Waals surface area (Å²) in [7, 11) is 1.43. The standard InChI is InChI=1S/C12H20O2/c1-8-5-6-11(10(8)3)7-9(2)12(13)14-4/h7-8,10-11H,5-6H2,1-4H3. The maximum Gasteiger partial charge on any atom is 0.333 e. The maximum atomic E-state index is 11.2. The Balaban J connectivity index is 2.63. The fraction of sp³-hybridized carbons (Fsp3) is 0.750. The van der Waals surface area contributed by atoms with E-state index in [0.29, 0.717) is 11.8 Å². The van der Waals surface area contributed by atoms with Gasteiger partial charge < -0.3 is 4.74 Å². The van der Waals surface area contributed by atoms with Crippen LogP contribution in [0.15, 0.2) is 11.6 Å². The highest BCUT2D eigenvalue weighted by Gasteiger charge is 2.28. The van der Waals surface area contributed by atoms with E-state index in [1.165, 1.54) is 20.0 Å². The summed E-state index contributed by atoms with van der Waals surface area (Å²) in [5.41, 5.74) is 0.749. The molecule has 0 aliphatic heterocycles. The maximum absolute atomic E-state index is 11.2. The Labute approximate surface area is 86.3 Å². The van der Waals surface area contributed by atoms with Crippen molar-refractivity contribution in [2.24, 2.45) is 17.8 Å². The van der Waals surface area contributed by atoms with Crippen molar-refractivity contribution in [3.63, 3.8) is 0 Å². The number of hydrogen-bond acceptors (Lipinski definition) is 2. The smallest absolute Gasteiger partial charge is 0.333 e. The average Bonchev–Trinajstić information content (AvgIpc) is 2.48. The first kappa shape index (κ1) is 11.3. The Kier molecular flexibility index (Phi) is 3.73. The van der Waals surface area contributed by atoms with Gasteiger partial charge in [0.25, 0.3) is 0 Å². The van der Waals surface area contributed by atoms with Gasteiger partial charge in [-0.05, 0) is 37.5 Å². The fourth-order valence-corrected chi connectivity index (χ4v) is 2.19. The second-order valence-electron chi connectivity index (χ2n) is 4.42. The minimum absolute atomic E-state index is 0.197. The van der Waals surface area contributed by atoms with Crippen molar-refractivity contribution in [2.75, 3.05) is 7.11 Å². The number of methoxy groups -OCH3 is 1. The normalized spacial score (nSPS) is 33.1. The summed E-state index contributed by atoms with van der Waals surface area (Å²) in [6.45, 7) is 6.39. The largest absolute Gasteiger partial charge is 0.466 e. The van der Waals surface area contributed by atoms with E-state index in [0.717, 1.165) is 11.5 Å². The van der Waals surface area contributed by atoms with Crippen LogP contribution in [0.5, 0.6) is 0 Å². The molecule has 2 nitrogen and oxygen atoms in total. The third kappa shape index (κ3) is 2.37. The van der Waals surface area contributed by atoms with Gasteiger partial charge in [-0.3, -0.25) is 0 Å². The number of carbonyl (C=O) groups excluding carboxylic acids is 1. The number of allylic oxidation sites excluding steroid dienone is 1. The zero-order valence-corrected chi connectivity index (χ0v) is 9.54. The van der Waals surface area contributed by atoms with Gasteiger partial charge in [0.1, 0.15) is 0 Å². The van der Waals surface area contributed by atoms with E-state index < -0.39 is 0 Å². The number of carbonyl (C=O) groups is 1. The minimum atomic E-state index is -0.197. The van der Waals surface area contributed by atoms with E-state index in [9.17, 15) is 4.79 Å². The van der Waals surface area contributed by atoms with E-state index in [4.69, 9.17) is 0 Å². The summed E-state index contributed by atoms with van der Waals surface area (Å²) in [4.78, 5) is 11.2. The highest BCUT2D eigenvalue weighted by molar-refractivity contribution is 5.87. The first-order valence-corrected chi connectivity index (χ1v) is 5.33. The first-order chi connectivity index (χ1) is 6.56. The molecule has 0 aromatic heterocycles. The van der Waals surface area contributed by atoms with Gasteiger partial charge in [-0.15, -0.1) is 0 Å². The monoisotopic (exact) mass is 196 g/mol. The zero-order chi connectivity index (χ0) is 10.7. The van der Waals surface area contributed by atoms with Crippen LogP contribution >= 0.6 is 0 Å². The molecule has 14 heavy (non-hydrogen) atoms. The van der Waals surface area contributed by atoms with Crippen molar-refractivity contribution in [3.05, 3.63) is 11.6 Å². The molecule has 0 bridgehead atoms. The molecule has 0 radical (unpaired) electrons. The fourth-order valence-electron chi connectivity index (χ4n) is 2.19. The highest BCUT2D eigenvalue weighted by atomic mass is 16.5. The molecular weight excluding hydrogens is 176 g/mol. The van der Waals surface area contributed by atoms with Crippen LogP contribution in [-0.2, 0) is 9.53 Å². The van der Waals surface area contributed by atoms with E-state index in [1.54, 1.807) is 0 Å². The Morgan fingerprint density at radius 2 is 2.00 bits per heavy atom. The van der Waals surface area contributed by atoms with Crippen LogP contribution in [0.1, 0.15) is 33.6 Å². The molecule has 1 aliphatic rings. The van der Waals surface area contributed by atoms with Crippen LogP contribution in [0.25, 0.3) is 0 Å². The second-order valence-corrected chi connectivity index (χ2v) is 4.42. The number of rotatable bonds is 2. The lowest BCUT2D eigenvalue weighted by Gasteiger charge is -2.14. The molecule has 0 N–H and O–H groups in total. The van der Waals surface area contributed by atoms with Crippen molar-refractivity contribution < 1.29 is 9.53 Å². The third-order valence-corrected chi connectivity index (χ3v) is 3.50. The lowest BCUT2D eigenvalue weighted by Crippen LogP contribution is -2.09. The van der Waals surface area contributed by atoms with Crippen LogP contribution in [0.2, 0.25) is 0 Å². The zero-order valence-electron chi connectivity index (χ0n) is 9.54. The van der Waals surface area contributed by atoms with Gasteiger partial charge in [-0.2, -0.15) is 0 Å². The van der Waals surface area contributed by atoms with Crippen LogP contribution < -0.4 is 0 Å². The van der Waals surface area contributed by atoms with E-state index in [1.807, 2.05) is 6.92 Å². The molecule has 0 aromatic carbocycles. The first-order valence-electron chi connectivity index (χ1n) is 5.33. The molecule has 1 aliphatic carbocycles. The van der Waals surface area contributed by atoms with E-state index in [-0.39, 0.29) is 5.97 Å². The molecule has 80 valence electrons. The lowest BCUT2D eigenvalue weighted by atomic mass is 9.91. The quantitative estimate of drug-likeness (QED) is 0.501.